The zero-order valence-electron chi connectivity index (χ0n) is 11.9. The van der Waals surface area contributed by atoms with E-state index in [9.17, 15) is 0 Å². The van der Waals surface area contributed by atoms with Gasteiger partial charge in [-0.25, -0.2) is 0 Å². The highest BCUT2D eigenvalue weighted by molar-refractivity contribution is 4.67. The van der Waals surface area contributed by atoms with Crippen LogP contribution in [0.4, 0.5) is 0 Å². The molecule has 0 aromatic carbocycles. The number of nitrogens with zero attached hydrogens (tertiary/aromatic N) is 1. The Labute approximate surface area is 107 Å². The Hall–Kier alpha value is -0.120. The van der Waals surface area contributed by atoms with Crippen LogP contribution in [-0.2, 0) is 4.74 Å². The molecule has 1 heterocycles. The molecular formula is C14H30N2O. The van der Waals surface area contributed by atoms with E-state index in [1.165, 1.54) is 32.2 Å². The molecule has 3 heteroatoms. The molecule has 17 heavy (non-hydrogen) atoms. The largest absolute Gasteiger partial charge is 0.377 e. The van der Waals surface area contributed by atoms with Gasteiger partial charge < -0.3 is 15.0 Å². The zero-order chi connectivity index (χ0) is 12.5. The van der Waals surface area contributed by atoms with Crippen molar-refractivity contribution in [3.05, 3.63) is 0 Å². The summed E-state index contributed by atoms with van der Waals surface area (Å²) in [6.45, 7) is 10.0. The van der Waals surface area contributed by atoms with Crippen molar-refractivity contribution in [2.75, 3.05) is 39.8 Å². The van der Waals surface area contributed by atoms with Crippen LogP contribution in [0.2, 0.25) is 0 Å². The summed E-state index contributed by atoms with van der Waals surface area (Å²) in [7, 11) is 2.21. The Morgan fingerprint density at radius 2 is 2.18 bits per heavy atom. The van der Waals surface area contributed by atoms with E-state index in [-0.39, 0.29) is 0 Å². The topological polar surface area (TPSA) is 24.5 Å². The maximum Gasteiger partial charge on any atom is 0.0701 e. The van der Waals surface area contributed by atoms with E-state index in [0.717, 1.165) is 32.2 Å². The lowest BCUT2D eigenvalue weighted by molar-refractivity contribution is -0.00151. The van der Waals surface area contributed by atoms with Gasteiger partial charge in [-0.1, -0.05) is 13.8 Å². The van der Waals surface area contributed by atoms with Gasteiger partial charge in [0.1, 0.15) is 0 Å². The minimum atomic E-state index is 0.484. The molecule has 1 atom stereocenters. The number of ether oxygens (including phenoxy) is 1. The van der Waals surface area contributed by atoms with Crippen LogP contribution in [0.5, 0.6) is 0 Å². The van der Waals surface area contributed by atoms with Gasteiger partial charge in [0.05, 0.1) is 6.10 Å². The van der Waals surface area contributed by atoms with E-state index in [1.54, 1.807) is 0 Å². The van der Waals surface area contributed by atoms with Crippen LogP contribution in [0.25, 0.3) is 0 Å². The van der Waals surface area contributed by atoms with Crippen molar-refractivity contribution >= 4 is 0 Å². The van der Waals surface area contributed by atoms with Gasteiger partial charge >= 0.3 is 0 Å². The van der Waals surface area contributed by atoms with Crippen LogP contribution in [0.15, 0.2) is 0 Å². The maximum absolute atomic E-state index is 5.75. The Balaban J connectivity index is 1.95. The molecule has 102 valence electrons. The summed E-state index contributed by atoms with van der Waals surface area (Å²) in [5, 5.41) is 3.49. The molecule has 0 amide bonds. The van der Waals surface area contributed by atoms with E-state index in [0.29, 0.717) is 6.10 Å². The lowest BCUT2D eigenvalue weighted by Crippen LogP contribution is -2.35. The predicted molar refractivity (Wildman–Crippen MR) is 73.4 cm³/mol. The summed E-state index contributed by atoms with van der Waals surface area (Å²) in [5.41, 5.74) is 0. The van der Waals surface area contributed by atoms with E-state index in [2.05, 4.69) is 31.1 Å². The van der Waals surface area contributed by atoms with Crippen molar-refractivity contribution in [1.82, 2.24) is 10.2 Å². The Morgan fingerprint density at radius 3 is 2.82 bits per heavy atom. The lowest BCUT2D eigenvalue weighted by Gasteiger charge is -2.27. The first-order valence-electron chi connectivity index (χ1n) is 7.19. The molecule has 1 aliphatic heterocycles. The molecule has 0 aromatic heterocycles. The third kappa shape index (κ3) is 7.74. The predicted octanol–water partition coefficient (Wildman–Crippen LogP) is 2.12. The highest BCUT2D eigenvalue weighted by Crippen LogP contribution is 2.13. The van der Waals surface area contributed by atoms with Crippen LogP contribution in [0.3, 0.4) is 0 Å². The summed E-state index contributed by atoms with van der Waals surface area (Å²) < 4.78 is 5.75. The third-order valence-corrected chi connectivity index (χ3v) is 3.24. The average molecular weight is 242 g/mol. The van der Waals surface area contributed by atoms with Gasteiger partial charge in [-0.2, -0.15) is 0 Å². The van der Waals surface area contributed by atoms with Crippen molar-refractivity contribution in [3.63, 3.8) is 0 Å². The maximum atomic E-state index is 5.75. The molecule has 1 unspecified atom stereocenters. The number of hydrogen-bond donors (Lipinski definition) is 1. The van der Waals surface area contributed by atoms with E-state index >= 15 is 0 Å². The number of likely N-dealkylation sites (N-methyl/N-ethyl adjacent to an activating group) is 1. The SMILES string of the molecule is CC(C)CNCCCN(C)CC1CCCCO1. The van der Waals surface area contributed by atoms with Gasteiger partial charge in [0.2, 0.25) is 0 Å². The molecule has 1 saturated heterocycles. The molecule has 0 aliphatic carbocycles. The molecule has 0 bridgehead atoms. The second-order valence-corrected chi connectivity index (χ2v) is 5.70. The fourth-order valence-electron chi connectivity index (χ4n) is 2.26. The Kier molecular flexibility index (Phi) is 7.82. The highest BCUT2D eigenvalue weighted by Gasteiger charge is 2.15. The lowest BCUT2D eigenvalue weighted by atomic mass is 10.1. The van der Waals surface area contributed by atoms with Gasteiger partial charge in [-0.15, -0.1) is 0 Å². The van der Waals surface area contributed by atoms with Crippen molar-refractivity contribution in [3.8, 4) is 0 Å². The first-order chi connectivity index (χ1) is 8.18. The number of nitrogens with one attached hydrogen (secondary N) is 1. The fraction of sp³-hybridized carbons (Fsp3) is 1.00. The molecule has 0 saturated carbocycles. The molecule has 1 N–H and O–H groups in total. The van der Waals surface area contributed by atoms with Crippen LogP contribution in [0, 0.1) is 5.92 Å². The second-order valence-electron chi connectivity index (χ2n) is 5.70. The summed E-state index contributed by atoms with van der Waals surface area (Å²) in [5.74, 6) is 0.753. The molecule has 3 nitrogen and oxygen atoms in total. The van der Waals surface area contributed by atoms with Gasteiger partial charge in [0, 0.05) is 13.2 Å². The quantitative estimate of drug-likeness (QED) is 0.660. The standard InChI is InChI=1S/C14H30N2O/c1-13(2)11-15-8-6-9-16(3)12-14-7-4-5-10-17-14/h13-15H,4-12H2,1-3H3. The first-order valence-corrected chi connectivity index (χ1v) is 7.19. The van der Waals surface area contributed by atoms with Crippen molar-refractivity contribution in [2.45, 2.75) is 45.6 Å². The third-order valence-electron chi connectivity index (χ3n) is 3.24. The molecule has 0 radical (unpaired) electrons. The zero-order valence-corrected chi connectivity index (χ0v) is 11.9. The summed E-state index contributed by atoms with van der Waals surface area (Å²) in [6, 6.07) is 0. The van der Waals surface area contributed by atoms with Gasteiger partial charge in [0.25, 0.3) is 0 Å². The van der Waals surface area contributed by atoms with E-state index < -0.39 is 0 Å². The van der Waals surface area contributed by atoms with Gasteiger partial charge in [-0.05, 0) is 58.3 Å². The van der Waals surface area contributed by atoms with Crippen LogP contribution >= 0.6 is 0 Å². The number of hydrogen-bond acceptors (Lipinski definition) is 3. The van der Waals surface area contributed by atoms with Crippen LogP contribution in [-0.4, -0.2) is 50.8 Å². The molecular weight excluding hydrogens is 212 g/mol. The summed E-state index contributed by atoms with van der Waals surface area (Å²) >= 11 is 0. The van der Waals surface area contributed by atoms with E-state index in [1.807, 2.05) is 0 Å². The Morgan fingerprint density at radius 1 is 1.35 bits per heavy atom. The second kappa shape index (κ2) is 8.90. The van der Waals surface area contributed by atoms with Crippen molar-refractivity contribution in [2.24, 2.45) is 5.92 Å². The smallest absolute Gasteiger partial charge is 0.0701 e. The minimum Gasteiger partial charge on any atom is -0.377 e. The van der Waals surface area contributed by atoms with Crippen LogP contribution in [0.1, 0.15) is 39.5 Å². The monoisotopic (exact) mass is 242 g/mol. The molecule has 0 aromatic rings. The Bertz CT molecular complexity index is 179. The molecule has 1 rings (SSSR count). The van der Waals surface area contributed by atoms with Gasteiger partial charge in [0.15, 0.2) is 0 Å². The van der Waals surface area contributed by atoms with Gasteiger partial charge in [-0.3, -0.25) is 0 Å². The highest BCUT2D eigenvalue weighted by atomic mass is 16.5. The average Bonchev–Trinajstić information content (AvgIpc) is 2.29. The van der Waals surface area contributed by atoms with Crippen LogP contribution < -0.4 is 5.32 Å². The van der Waals surface area contributed by atoms with Crippen molar-refractivity contribution in [1.29, 1.82) is 0 Å². The number of rotatable bonds is 8. The minimum absolute atomic E-state index is 0.484. The normalized spacial score (nSPS) is 21.4. The van der Waals surface area contributed by atoms with E-state index in [4.69, 9.17) is 4.74 Å². The summed E-state index contributed by atoms with van der Waals surface area (Å²) in [4.78, 5) is 2.41. The fourth-order valence-corrected chi connectivity index (χ4v) is 2.26. The summed E-state index contributed by atoms with van der Waals surface area (Å²) in [6.07, 6.45) is 5.55. The molecule has 0 spiro atoms. The molecule has 1 aliphatic rings. The molecule has 1 fully saturated rings. The van der Waals surface area contributed by atoms with Crippen molar-refractivity contribution < 1.29 is 4.74 Å². The first kappa shape index (κ1) is 14.9.